The molecule has 2 fully saturated rings. The number of carbonyl (C=O) groups excluding carboxylic acids is 1. The van der Waals surface area contributed by atoms with Crippen molar-refractivity contribution in [3.63, 3.8) is 0 Å². The molecule has 2 heterocycles. The third kappa shape index (κ3) is 3.96. The highest BCUT2D eigenvalue weighted by molar-refractivity contribution is 7.89. The summed E-state index contributed by atoms with van der Waals surface area (Å²) in [4.78, 5) is 12.7. The van der Waals surface area contributed by atoms with Crippen LogP contribution in [0.15, 0.2) is 9.42 Å². The average Bonchev–Trinajstić information content (AvgIpc) is 2.96. The van der Waals surface area contributed by atoms with Gasteiger partial charge in [0.1, 0.15) is 10.6 Å². The molecule has 0 spiro atoms. The van der Waals surface area contributed by atoms with Crippen LogP contribution in [-0.4, -0.2) is 42.9 Å². The lowest BCUT2D eigenvalue weighted by molar-refractivity contribution is -0.127. The molecule has 1 aliphatic carbocycles. The number of piperidine rings is 1. The van der Waals surface area contributed by atoms with E-state index in [1.54, 1.807) is 13.8 Å². The van der Waals surface area contributed by atoms with E-state index in [-0.39, 0.29) is 22.8 Å². The lowest BCUT2D eigenvalue weighted by Gasteiger charge is -2.32. The molecule has 1 aromatic heterocycles. The summed E-state index contributed by atoms with van der Waals surface area (Å²) in [6, 6.07) is 0.280. The number of sulfonamides is 1. The third-order valence-corrected chi connectivity index (χ3v) is 7.90. The van der Waals surface area contributed by atoms with Gasteiger partial charge in [-0.1, -0.05) is 12.1 Å². The van der Waals surface area contributed by atoms with Gasteiger partial charge in [0, 0.05) is 25.0 Å². The van der Waals surface area contributed by atoms with Crippen LogP contribution in [0, 0.1) is 25.7 Å². The summed E-state index contributed by atoms with van der Waals surface area (Å²) in [6.45, 7) is 6.21. The van der Waals surface area contributed by atoms with Crippen LogP contribution in [0.1, 0.15) is 56.9 Å². The summed E-state index contributed by atoms with van der Waals surface area (Å²) >= 11 is 0. The summed E-state index contributed by atoms with van der Waals surface area (Å²) in [7, 11) is -3.62. The molecule has 0 unspecified atom stereocenters. The van der Waals surface area contributed by atoms with E-state index in [9.17, 15) is 13.2 Å². The summed E-state index contributed by atoms with van der Waals surface area (Å²) < 4.78 is 32.1. The van der Waals surface area contributed by atoms with Gasteiger partial charge in [-0.05, 0) is 58.3 Å². The van der Waals surface area contributed by atoms with Crippen molar-refractivity contribution in [2.75, 3.05) is 13.1 Å². The molecule has 0 radical (unpaired) electrons. The van der Waals surface area contributed by atoms with E-state index in [2.05, 4.69) is 17.4 Å². The minimum absolute atomic E-state index is 0.0824. The van der Waals surface area contributed by atoms with Crippen LogP contribution in [0.3, 0.4) is 0 Å². The van der Waals surface area contributed by atoms with E-state index >= 15 is 0 Å². The van der Waals surface area contributed by atoms with Crippen molar-refractivity contribution in [1.82, 2.24) is 14.8 Å². The monoisotopic (exact) mass is 383 g/mol. The van der Waals surface area contributed by atoms with E-state index in [0.717, 1.165) is 18.8 Å². The van der Waals surface area contributed by atoms with Gasteiger partial charge in [-0.25, -0.2) is 8.42 Å². The van der Waals surface area contributed by atoms with Crippen molar-refractivity contribution < 1.29 is 17.7 Å². The quantitative estimate of drug-likeness (QED) is 0.862. The van der Waals surface area contributed by atoms with Crippen molar-refractivity contribution in [2.24, 2.45) is 11.8 Å². The highest BCUT2D eigenvalue weighted by Crippen LogP contribution is 2.28. The van der Waals surface area contributed by atoms with E-state index < -0.39 is 10.0 Å². The van der Waals surface area contributed by atoms with Crippen LogP contribution < -0.4 is 5.32 Å². The van der Waals surface area contributed by atoms with Crippen molar-refractivity contribution in [2.45, 2.75) is 70.2 Å². The lowest BCUT2D eigenvalue weighted by Crippen LogP contribution is -2.46. The molecule has 1 aliphatic heterocycles. The van der Waals surface area contributed by atoms with E-state index in [1.165, 1.54) is 17.1 Å². The highest BCUT2D eigenvalue weighted by atomic mass is 32.2. The molecule has 1 N–H and O–H groups in total. The van der Waals surface area contributed by atoms with Gasteiger partial charge in [0.15, 0.2) is 5.76 Å². The summed E-state index contributed by atoms with van der Waals surface area (Å²) in [6.07, 6.45) is 5.53. The Kier molecular flexibility index (Phi) is 5.72. The Bertz CT molecular complexity index is 723. The van der Waals surface area contributed by atoms with Gasteiger partial charge in [0.05, 0.1) is 0 Å². The Balaban J connectivity index is 1.56. The zero-order valence-corrected chi connectivity index (χ0v) is 16.6. The van der Waals surface area contributed by atoms with Gasteiger partial charge in [-0.15, -0.1) is 0 Å². The first-order valence-corrected chi connectivity index (χ1v) is 11.0. The normalized spacial score (nSPS) is 26.0. The fourth-order valence-corrected chi connectivity index (χ4v) is 5.81. The number of aryl methyl sites for hydroxylation is 2. The molecule has 1 amide bonds. The Hall–Kier alpha value is -1.41. The number of amides is 1. The SMILES string of the molecule is Cc1noc(C)c1S(=O)(=O)N1CCC(C(=O)NC2CCC(C)CC2)CC1. The summed E-state index contributed by atoms with van der Waals surface area (Å²) in [5, 5.41) is 6.92. The zero-order valence-electron chi connectivity index (χ0n) is 15.8. The molecule has 0 aromatic carbocycles. The summed E-state index contributed by atoms with van der Waals surface area (Å²) in [5.74, 6) is 1.04. The summed E-state index contributed by atoms with van der Waals surface area (Å²) in [5.41, 5.74) is 0.383. The smallest absolute Gasteiger partial charge is 0.248 e. The number of hydrogen-bond donors (Lipinski definition) is 1. The molecule has 26 heavy (non-hydrogen) atoms. The molecule has 0 atom stereocenters. The number of hydrogen-bond acceptors (Lipinski definition) is 5. The molecule has 146 valence electrons. The number of carbonyl (C=O) groups is 1. The first-order valence-electron chi connectivity index (χ1n) is 9.52. The Morgan fingerprint density at radius 3 is 2.27 bits per heavy atom. The van der Waals surface area contributed by atoms with Crippen molar-refractivity contribution >= 4 is 15.9 Å². The third-order valence-electron chi connectivity index (χ3n) is 5.75. The zero-order chi connectivity index (χ0) is 18.9. The van der Waals surface area contributed by atoms with Crippen LogP contribution in [0.5, 0.6) is 0 Å². The Labute approximate surface area is 155 Å². The lowest BCUT2D eigenvalue weighted by atomic mass is 9.87. The maximum Gasteiger partial charge on any atom is 0.248 e. The van der Waals surface area contributed by atoms with Crippen LogP contribution in [0.4, 0.5) is 0 Å². The fourth-order valence-electron chi connectivity index (χ4n) is 4.05. The van der Waals surface area contributed by atoms with E-state index in [4.69, 9.17) is 4.52 Å². The topological polar surface area (TPSA) is 92.5 Å². The van der Waals surface area contributed by atoms with Gasteiger partial charge < -0.3 is 9.84 Å². The highest BCUT2D eigenvalue weighted by Gasteiger charge is 2.35. The number of nitrogens with zero attached hydrogens (tertiary/aromatic N) is 2. The second-order valence-corrected chi connectivity index (χ2v) is 9.67. The van der Waals surface area contributed by atoms with Gasteiger partial charge in [0.25, 0.3) is 0 Å². The molecule has 2 aliphatic rings. The molecular weight excluding hydrogens is 354 g/mol. The standard InChI is InChI=1S/C18H29N3O4S/c1-12-4-6-16(7-5-12)19-18(22)15-8-10-21(11-9-15)26(23,24)17-13(2)20-25-14(17)3/h12,15-16H,4-11H2,1-3H3,(H,19,22). The Morgan fingerprint density at radius 1 is 1.12 bits per heavy atom. The number of aromatic nitrogens is 1. The van der Waals surface area contributed by atoms with Gasteiger partial charge in [0.2, 0.25) is 15.9 Å². The molecule has 1 saturated heterocycles. The average molecular weight is 384 g/mol. The van der Waals surface area contributed by atoms with Crippen molar-refractivity contribution in [3.05, 3.63) is 11.5 Å². The largest absolute Gasteiger partial charge is 0.360 e. The van der Waals surface area contributed by atoms with Gasteiger partial charge >= 0.3 is 0 Å². The second kappa shape index (κ2) is 7.68. The molecule has 1 saturated carbocycles. The number of nitrogens with one attached hydrogen (secondary N) is 1. The maximum atomic E-state index is 12.8. The minimum atomic E-state index is -3.62. The number of rotatable bonds is 4. The van der Waals surface area contributed by atoms with Crippen LogP contribution in [-0.2, 0) is 14.8 Å². The van der Waals surface area contributed by atoms with E-state index in [1.807, 2.05) is 0 Å². The maximum absolute atomic E-state index is 12.8. The second-order valence-electron chi connectivity index (χ2n) is 7.80. The van der Waals surface area contributed by atoms with Crippen molar-refractivity contribution in [3.8, 4) is 0 Å². The fraction of sp³-hybridized carbons (Fsp3) is 0.778. The van der Waals surface area contributed by atoms with Crippen LogP contribution in [0.2, 0.25) is 0 Å². The molecule has 3 rings (SSSR count). The van der Waals surface area contributed by atoms with Gasteiger partial charge in [-0.2, -0.15) is 4.31 Å². The molecule has 8 heteroatoms. The first kappa shape index (κ1) is 19.4. The van der Waals surface area contributed by atoms with E-state index in [0.29, 0.717) is 37.4 Å². The predicted octanol–water partition coefficient (Wildman–Crippen LogP) is 2.39. The van der Waals surface area contributed by atoms with Crippen LogP contribution >= 0.6 is 0 Å². The van der Waals surface area contributed by atoms with Crippen molar-refractivity contribution in [1.29, 1.82) is 0 Å². The Morgan fingerprint density at radius 2 is 1.73 bits per heavy atom. The molecule has 0 bridgehead atoms. The molecule has 1 aromatic rings. The molecule has 7 nitrogen and oxygen atoms in total. The molecular formula is C18H29N3O4S. The van der Waals surface area contributed by atoms with Crippen LogP contribution in [0.25, 0.3) is 0 Å². The minimum Gasteiger partial charge on any atom is -0.360 e. The first-order chi connectivity index (χ1) is 12.3. The van der Waals surface area contributed by atoms with Gasteiger partial charge in [-0.3, -0.25) is 4.79 Å². The predicted molar refractivity (Wildman–Crippen MR) is 97.0 cm³/mol.